The van der Waals surface area contributed by atoms with Gasteiger partial charge in [-0.2, -0.15) is 0 Å². The SMILES string of the molecule is COc1ccc(OC)c(COC(=O)C[C@@H](NC(N)=O)c2ccc(Cl)cc2)c1. The molecule has 0 fully saturated rings. The molecule has 0 spiro atoms. The second-order valence-corrected chi connectivity index (χ2v) is 6.09. The predicted octanol–water partition coefficient (Wildman–Crippen LogP) is 3.20. The van der Waals surface area contributed by atoms with Gasteiger partial charge in [-0.3, -0.25) is 4.79 Å². The first-order valence-corrected chi connectivity index (χ1v) is 8.48. The summed E-state index contributed by atoms with van der Waals surface area (Å²) in [5, 5.41) is 3.08. The van der Waals surface area contributed by atoms with Crippen LogP contribution in [0.4, 0.5) is 4.79 Å². The number of carbonyl (C=O) groups excluding carboxylic acids is 2. The van der Waals surface area contributed by atoms with Crippen molar-refractivity contribution >= 4 is 23.6 Å². The molecule has 2 aromatic rings. The minimum absolute atomic E-state index is 0.00309. The van der Waals surface area contributed by atoms with Gasteiger partial charge in [0, 0.05) is 10.6 Å². The average Bonchev–Trinajstić information content (AvgIpc) is 2.65. The molecule has 0 unspecified atom stereocenters. The number of methoxy groups -OCH3 is 2. The fraction of sp³-hybridized carbons (Fsp3) is 0.263. The van der Waals surface area contributed by atoms with Gasteiger partial charge in [0.25, 0.3) is 0 Å². The number of benzene rings is 2. The maximum Gasteiger partial charge on any atom is 0.312 e. The third-order valence-electron chi connectivity index (χ3n) is 3.84. The van der Waals surface area contributed by atoms with E-state index < -0.39 is 18.0 Å². The molecule has 27 heavy (non-hydrogen) atoms. The number of primary amides is 1. The first-order chi connectivity index (χ1) is 12.9. The summed E-state index contributed by atoms with van der Waals surface area (Å²) in [6, 6.07) is 10.6. The second-order valence-electron chi connectivity index (χ2n) is 5.66. The summed E-state index contributed by atoms with van der Waals surface area (Å²) in [6.45, 7) is 0.00309. The molecule has 8 heteroatoms. The fourth-order valence-electron chi connectivity index (χ4n) is 2.50. The van der Waals surface area contributed by atoms with Gasteiger partial charge in [-0.15, -0.1) is 0 Å². The zero-order chi connectivity index (χ0) is 19.8. The number of urea groups is 1. The number of esters is 1. The zero-order valence-corrected chi connectivity index (χ0v) is 15.8. The molecule has 0 aliphatic rings. The molecule has 0 heterocycles. The van der Waals surface area contributed by atoms with Gasteiger partial charge in [0.15, 0.2) is 0 Å². The Morgan fingerprint density at radius 2 is 1.81 bits per heavy atom. The third-order valence-corrected chi connectivity index (χ3v) is 4.09. The number of ether oxygens (including phenoxy) is 3. The van der Waals surface area contributed by atoms with Gasteiger partial charge >= 0.3 is 12.0 Å². The number of hydrogen-bond acceptors (Lipinski definition) is 5. The lowest BCUT2D eigenvalue weighted by atomic mass is 10.0. The maximum absolute atomic E-state index is 12.3. The van der Waals surface area contributed by atoms with Gasteiger partial charge in [-0.1, -0.05) is 23.7 Å². The van der Waals surface area contributed by atoms with Crippen molar-refractivity contribution in [3.8, 4) is 11.5 Å². The highest BCUT2D eigenvalue weighted by Crippen LogP contribution is 2.25. The van der Waals surface area contributed by atoms with Crippen LogP contribution in [0.5, 0.6) is 11.5 Å². The van der Waals surface area contributed by atoms with Gasteiger partial charge in [0.2, 0.25) is 0 Å². The summed E-state index contributed by atoms with van der Waals surface area (Å²) in [7, 11) is 3.07. The topological polar surface area (TPSA) is 99.9 Å². The van der Waals surface area contributed by atoms with Crippen molar-refractivity contribution in [3.05, 3.63) is 58.6 Å². The van der Waals surface area contributed by atoms with Crippen LogP contribution < -0.4 is 20.5 Å². The molecular formula is C19H21ClN2O5. The highest BCUT2D eigenvalue weighted by atomic mass is 35.5. The molecule has 3 N–H and O–H groups in total. The van der Waals surface area contributed by atoms with Crippen LogP contribution in [-0.2, 0) is 16.1 Å². The van der Waals surface area contributed by atoms with E-state index in [1.54, 1.807) is 49.6 Å². The molecule has 0 saturated heterocycles. The van der Waals surface area contributed by atoms with E-state index in [1.165, 1.54) is 7.11 Å². The summed E-state index contributed by atoms with van der Waals surface area (Å²) in [5.74, 6) is 0.693. The molecule has 7 nitrogen and oxygen atoms in total. The number of hydrogen-bond donors (Lipinski definition) is 2. The number of carbonyl (C=O) groups is 2. The van der Waals surface area contributed by atoms with E-state index in [0.29, 0.717) is 27.6 Å². The second kappa shape index (κ2) is 9.68. The number of amides is 2. The molecule has 0 aliphatic carbocycles. The van der Waals surface area contributed by atoms with Crippen LogP contribution in [0.2, 0.25) is 5.02 Å². The molecular weight excluding hydrogens is 372 g/mol. The Hall–Kier alpha value is -2.93. The summed E-state index contributed by atoms with van der Waals surface area (Å²) in [4.78, 5) is 23.6. The van der Waals surface area contributed by atoms with Gasteiger partial charge in [0.05, 0.1) is 26.7 Å². The van der Waals surface area contributed by atoms with Gasteiger partial charge in [-0.05, 0) is 35.9 Å². The van der Waals surface area contributed by atoms with Crippen molar-refractivity contribution in [1.29, 1.82) is 0 Å². The van der Waals surface area contributed by atoms with Crippen molar-refractivity contribution in [1.82, 2.24) is 5.32 Å². The molecule has 2 rings (SSSR count). The van der Waals surface area contributed by atoms with Crippen molar-refractivity contribution in [3.63, 3.8) is 0 Å². The standard InChI is InChI=1S/C19H21ClN2O5/c1-25-15-7-8-17(26-2)13(9-15)11-27-18(23)10-16(22-19(21)24)12-3-5-14(20)6-4-12/h3-9,16H,10-11H2,1-2H3,(H3,21,22,24)/t16-/m1/s1. The van der Waals surface area contributed by atoms with Crippen molar-refractivity contribution in [2.24, 2.45) is 5.73 Å². The summed E-state index contributed by atoms with van der Waals surface area (Å²) >= 11 is 5.87. The van der Waals surface area contributed by atoms with E-state index in [2.05, 4.69) is 5.32 Å². The van der Waals surface area contributed by atoms with Gasteiger partial charge in [0.1, 0.15) is 18.1 Å². The van der Waals surface area contributed by atoms with Crippen LogP contribution in [0.15, 0.2) is 42.5 Å². The number of halogens is 1. The minimum atomic E-state index is -0.739. The minimum Gasteiger partial charge on any atom is -0.497 e. The van der Waals surface area contributed by atoms with Crippen molar-refractivity contribution < 1.29 is 23.8 Å². The lowest BCUT2D eigenvalue weighted by molar-refractivity contribution is -0.145. The Morgan fingerprint density at radius 3 is 2.41 bits per heavy atom. The Morgan fingerprint density at radius 1 is 1.11 bits per heavy atom. The monoisotopic (exact) mass is 392 g/mol. The van der Waals surface area contributed by atoms with E-state index >= 15 is 0 Å². The first kappa shape index (κ1) is 20.4. The van der Waals surface area contributed by atoms with Crippen LogP contribution >= 0.6 is 11.6 Å². The van der Waals surface area contributed by atoms with E-state index in [9.17, 15) is 9.59 Å². The van der Waals surface area contributed by atoms with Gasteiger partial charge < -0.3 is 25.3 Å². The smallest absolute Gasteiger partial charge is 0.312 e. The van der Waals surface area contributed by atoms with E-state index in [4.69, 9.17) is 31.5 Å². The molecule has 0 aliphatic heterocycles. The lowest BCUT2D eigenvalue weighted by Gasteiger charge is -2.18. The quantitative estimate of drug-likeness (QED) is 0.672. The van der Waals surface area contributed by atoms with E-state index in [1.807, 2.05) is 0 Å². The highest BCUT2D eigenvalue weighted by molar-refractivity contribution is 6.30. The Labute approximate surface area is 162 Å². The number of nitrogens with one attached hydrogen (secondary N) is 1. The summed E-state index contributed by atoms with van der Waals surface area (Å²) in [5.41, 5.74) is 6.56. The van der Waals surface area contributed by atoms with E-state index in [-0.39, 0.29) is 13.0 Å². The molecule has 1 atom stereocenters. The molecule has 0 radical (unpaired) electrons. The van der Waals surface area contributed by atoms with Crippen molar-refractivity contribution in [2.45, 2.75) is 19.1 Å². The lowest BCUT2D eigenvalue weighted by Crippen LogP contribution is -2.34. The number of nitrogens with two attached hydrogens (primary N) is 1. The average molecular weight is 393 g/mol. The molecule has 0 aromatic heterocycles. The Kier molecular flexibility index (Phi) is 7.31. The summed E-state index contributed by atoms with van der Waals surface area (Å²) < 4.78 is 15.8. The highest BCUT2D eigenvalue weighted by Gasteiger charge is 2.19. The van der Waals surface area contributed by atoms with Crippen LogP contribution in [0.3, 0.4) is 0 Å². The van der Waals surface area contributed by atoms with Crippen LogP contribution in [0, 0.1) is 0 Å². The van der Waals surface area contributed by atoms with Crippen LogP contribution in [0.25, 0.3) is 0 Å². The Balaban J connectivity index is 2.05. The van der Waals surface area contributed by atoms with Crippen LogP contribution in [-0.4, -0.2) is 26.2 Å². The van der Waals surface area contributed by atoms with Crippen LogP contribution in [0.1, 0.15) is 23.6 Å². The first-order valence-electron chi connectivity index (χ1n) is 8.11. The van der Waals surface area contributed by atoms with Gasteiger partial charge in [-0.25, -0.2) is 4.79 Å². The third kappa shape index (κ3) is 6.07. The van der Waals surface area contributed by atoms with E-state index in [0.717, 1.165) is 0 Å². The maximum atomic E-state index is 12.3. The fourth-order valence-corrected chi connectivity index (χ4v) is 2.62. The molecule has 144 valence electrons. The molecule has 2 aromatic carbocycles. The Bertz CT molecular complexity index is 795. The molecule has 0 saturated carbocycles. The van der Waals surface area contributed by atoms with Crippen molar-refractivity contribution in [2.75, 3.05) is 14.2 Å². The largest absolute Gasteiger partial charge is 0.497 e. The predicted molar refractivity (Wildman–Crippen MR) is 101 cm³/mol. The zero-order valence-electron chi connectivity index (χ0n) is 15.0. The normalized spacial score (nSPS) is 11.4. The summed E-state index contributed by atoms with van der Waals surface area (Å²) in [6.07, 6.45) is -0.0865. The molecule has 0 bridgehead atoms. The number of rotatable bonds is 8. The molecule has 2 amide bonds.